The number of aromatic nitrogens is 1. The maximum atomic E-state index is 13.1. The van der Waals surface area contributed by atoms with Gasteiger partial charge in [-0.3, -0.25) is 9.80 Å². The second-order valence-electron chi connectivity index (χ2n) is 6.34. The standard InChI is InChI=1S/C18H24FN3OS/c1-14-20-10-18(24-14)13-21-7-8-22(17(12-21)6-9-23)11-15-2-4-16(19)5-3-15/h2-5,10,17,23H,6-9,11-13H2,1H3/t17-/m1/s1. The van der Waals surface area contributed by atoms with E-state index in [-0.39, 0.29) is 12.4 Å². The van der Waals surface area contributed by atoms with Gasteiger partial charge in [-0.25, -0.2) is 9.37 Å². The molecule has 1 atom stereocenters. The van der Waals surface area contributed by atoms with Gasteiger partial charge < -0.3 is 5.11 Å². The number of benzene rings is 1. The van der Waals surface area contributed by atoms with Crippen LogP contribution >= 0.6 is 11.3 Å². The van der Waals surface area contributed by atoms with Crippen LogP contribution in [0.2, 0.25) is 0 Å². The molecule has 1 saturated heterocycles. The molecule has 0 radical (unpaired) electrons. The summed E-state index contributed by atoms with van der Waals surface area (Å²) in [6.45, 7) is 6.86. The summed E-state index contributed by atoms with van der Waals surface area (Å²) in [5, 5.41) is 10.5. The van der Waals surface area contributed by atoms with Crippen molar-refractivity contribution in [1.82, 2.24) is 14.8 Å². The molecule has 24 heavy (non-hydrogen) atoms. The van der Waals surface area contributed by atoms with Crippen molar-refractivity contribution in [2.24, 2.45) is 0 Å². The smallest absolute Gasteiger partial charge is 0.123 e. The van der Waals surface area contributed by atoms with Gasteiger partial charge in [0.25, 0.3) is 0 Å². The second kappa shape index (κ2) is 8.16. The predicted molar refractivity (Wildman–Crippen MR) is 94.4 cm³/mol. The Morgan fingerprint density at radius 3 is 2.71 bits per heavy atom. The number of hydrogen-bond acceptors (Lipinski definition) is 5. The SMILES string of the molecule is Cc1ncc(CN2CCN(Cc3ccc(F)cc3)[C@H](CCO)C2)s1. The van der Waals surface area contributed by atoms with E-state index in [1.807, 2.05) is 25.3 Å². The van der Waals surface area contributed by atoms with Crippen molar-refractivity contribution in [3.63, 3.8) is 0 Å². The summed E-state index contributed by atoms with van der Waals surface area (Å²) < 4.78 is 13.1. The maximum Gasteiger partial charge on any atom is 0.123 e. The highest BCUT2D eigenvalue weighted by Crippen LogP contribution is 2.20. The van der Waals surface area contributed by atoms with Crippen LogP contribution in [-0.4, -0.2) is 52.2 Å². The third-order valence-corrected chi connectivity index (χ3v) is 5.40. The highest BCUT2D eigenvalue weighted by molar-refractivity contribution is 7.11. The van der Waals surface area contributed by atoms with E-state index in [0.29, 0.717) is 6.04 Å². The van der Waals surface area contributed by atoms with E-state index in [4.69, 9.17) is 0 Å². The summed E-state index contributed by atoms with van der Waals surface area (Å²) in [4.78, 5) is 10.5. The molecule has 0 unspecified atom stereocenters. The van der Waals surface area contributed by atoms with Gasteiger partial charge in [-0.05, 0) is 31.0 Å². The minimum absolute atomic E-state index is 0.193. The molecule has 1 aliphatic heterocycles. The monoisotopic (exact) mass is 349 g/mol. The van der Waals surface area contributed by atoms with E-state index in [0.717, 1.165) is 49.7 Å². The van der Waals surface area contributed by atoms with Crippen LogP contribution in [0.15, 0.2) is 30.5 Å². The minimum Gasteiger partial charge on any atom is -0.396 e. The van der Waals surface area contributed by atoms with Crippen LogP contribution in [0, 0.1) is 12.7 Å². The summed E-state index contributed by atoms with van der Waals surface area (Å²) >= 11 is 1.75. The largest absolute Gasteiger partial charge is 0.396 e. The molecule has 1 fully saturated rings. The normalized spacial score (nSPS) is 19.7. The highest BCUT2D eigenvalue weighted by atomic mass is 32.1. The third kappa shape index (κ3) is 4.60. The number of hydrogen-bond donors (Lipinski definition) is 1. The summed E-state index contributed by atoms with van der Waals surface area (Å²) in [5.41, 5.74) is 1.12. The van der Waals surface area contributed by atoms with Crippen LogP contribution < -0.4 is 0 Å². The highest BCUT2D eigenvalue weighted by Gasteiger charge is 2.26. The van der Waals surface area contributed by atoms with Gasteiger partial charge in [-0.1, -0.05) is 12.1 Å². The van der Waals surface area contributed by atoms with E-state index in [2.05, 4.69) is 14.8 Å². The number of aliphatic hydroxyl groups excluding tert-OH is 1. The van der Waals surface area contributed by atoms with Crippen molar-refractivity contribution in [3.05, 3.63) is 51.7 Å². The minimum atomic E-state index is -0.199. The maximum absolute atomic E-state index is 13.1. The molecule has 4 nitrogen and oxygen atoms in total. The zero-order chi connectivity index (χ0) is 16.9. The fourth-order valence-corrected chi connectivity index (χ4v) is 4.09. The molecule has 1 aliphatic rings. The van der Waals surface area contributed by atoms with Crippen molar-refractivity contribution < 1.29 is 9.50 Å². The number of halogens is 1. The van der Waals surface area contributed by atoms with Crippen LogP contribution in [0.4, 0.5) is 4.39 Å². The van der Waals surface area contributed by atoms with Crippen molar-refractivity contribution in [2.45, 2.75) is 32.5 Å². The number of aryl methyl sites for hydroxylation is 1. The first-order chi connectivity index (χ1) is 11.6. The van der Waals surface area contributed by atoms with Gasteiger partial charge in [-0.2, -0.15) is 0 Å². The van der Waals surface area contributed by atoms with Crippen molar-refractivity contribution in [3.8, 4) is 0 Å². The topological polar surface area (TPSA) is 39.6 Å². The lowest BCUT2D eigenvalue weighted by Gasteiger charge is -2.41. The molecule has 6 heteroatoms. The Balaban J connectivity index is 1.61. The van der Waals surface area contributed by atoms with Gasteiger partial charge in [-0.15, -0.1) is 11.3 Å². The number of nitrogens with zero attached hydrogens (tertiary/aromatic N) is 3. The summed E-state index contributed by atoms with van der Waals surface area (Å²) in [7, 11) is 0. The van der Waals surface area contributed by atoms with Crippen LogP contribution in [0.25, 0.3) is 0 Å². The number of piperazine rings is 1. The molecule has 130 valence electrons. The third-order valence-electron chi connectivity index (χ3n) is 4.50. The Kier molecular flexibility index (Phi) is 5.94. The van der Waals surface area contributed by atoms with Gasteiger partial charge in [0.1, 0.15) is 5.82 Å². The van der Waals surface area contributed by atoms with Crippen molar-refractivity contribution >= 4 is 11.3 Å². The lowest BCUT2D eigenvalue weighted by molar-refractivity contribution is 0.0504. The quantitative estimate of drug-likeness (QED) is 0.870. The average molecular weight is 349 g/mol. The fourth-order valence-electron chi connectivity index (χ4n) is 3.26. The van der Waals surface area contributed by atoms with Gasteiger partial charge in [0.15, 0.2) is 0 Å². The van der Waals surface area contributed by atoms with E-state index in [1.54, 1.807) is 11.3 Å². The Morgan fingerprint density at radius 2 is 2.04 bits per heavy atom. The van der Waals surface area contributed by atoms with E-state index >= 15 is 0 Å². The second-order valence-corrected chi connectivity index (χ2v) is 7.66. The van der Waals surface area contributed by atoms with E-state index in [9.17, 15) is 9.50 Å². The Hall–Kier alpha value is -1.34. The Bertz CT molecular complexity index is 646. The Morgan fingerprint density at radius 1 is 1.25 bits per heavy atom. The molecule has 1 aromatic heterocycles. The lowest BCUT2D eigenvalue weighted by Crippen LogP contribution is -2.52. The molecule has 1 N–H and O–H groups in total. The summed E-state index contributed by atoms with van der Waals surface area (Å²) in [5.74, 6) is -0.199. The van der Waals surface area contributed by atoms with E-state index in [1.165, 1.54) is 17.0 Å². The average Bonchev–Trinajstić information content (AvgIpc) is 2.97. The zero-order valence-corrected chi connectivity index (χ0v) is 14.8. The lowest BCUT2D eigenvalue weighted by atomic mass is 10.1. The molecule has 2 heterocycles. The number of aliphatic hydroxyl groups is 1. The molecular weight excluding hydrogens is 325 g/mol. The molecule has 0 amide bonds. The van der Waals surface area contributed by atoms with Gasteiger partial charge in [0, 0.05) is 56.4 Å². The van der Waals surface area contributed by atoms with Gasteiger partial charge in [0.2, 0.25) is 0 Å². The van der Waals surface area contributed by atoms with Gasteiger partial charge in [0.05, 0.1) is 5.01 Å². The van der Waals surface area contributed by atoms with Crippen LogP contribution in [0.1, 0.15) is 21.9 Å². The molecule has 0 bridgehead atoms. The van der Waals surface area contributed by atoms with E-state index < -0.39 is 0 Å². The van der Waals surface area contributed by atoms with Crippen molar-refractivity contribution in [2.75, 3.05) is 26.2 Å². The summed E-state index contributed by atoms with van der Waals surface area (Å²) in [6.07, 6.45) is 2.73. The van der Waals surface area contributed by atoms with Crippen molar-refractivity contribution in [1.29, 1.82) is 0 Å². The van der Waals surface area contributed by atoms with Gasteiger partial charge >= 0.3 is 0 Å². The number of rotatable bonds is 6. The molecule has 0 saturated carbocycles. The predicted octanol–water partition coefficient (Wildman–Crippen LogP) is 2.66. The first-order valence-corrected chi connectivity index (χ1v) is 9.18. The van der Waals surface area contributed by atoms with Crippen LogP contribution in [0.5, 0.6) is 0 Å². The van der Waals surface area contributed by atoms with Crippen LogP contribution in [-0.2, 0) is 13.1 Å². The van der Waals surface area contributed by atoms with Crippen LogP contribution in [0.3, 0.4) is 0 Å². The Labute approximate surface area is 146 Å². The molecule has 0 spiro atoms. The molecular formula is C18H24FN3OS. The molecule has 2 aromatic rings. The fraction of sp³-hybridized carbons (Fsp3) is 0.500. The first kappa shape index (κ1) is 17.5. The molecule has 0 aliphatic carbocycles. The molecule has 1 aromatic carbocycles. The summed E-state index contributed by atoms with van der Waals surface area (Å²) in [6, 6.07) is 7.04. The zero-order valence-electron chi connectivity index (χ0n) is 14.0. The molecule has 3 rings (SSSR count). The number of thiazole rings is 1. The first-order valence-electron chi connectivity index (χ1n) is 8.37.